The van der Waals surface area contributed by atoms with Crippen LogP contribution in [-0.2, 0) is 0 Å². The van der Waals surface area contributed by atoms with Gasteiger partial charge in [0.05, 0.1) is 4.32 Å². The summed E-state index contributed by atoms with van der Waals surface area (Å²) in [7, 11) is 0. The van der Waals surface area contributed by atoms with E-state index in [0.29, 0.717) is 5.92 Å². The van der Waals surface area contributed by atoms with E-state index in [1.165, 1.54) is 5.57 Å². The lowest BCUT2D eigenvalue weighted by Crippen LogP contribution is -2.31. The molecule has 2 heteroatoms. The average Bonchev–Trinajstić information content (AvgIpc) is 2.21. The van der Waals surface area contributed by atoms with E-state index in [1.807, 2.05) is 0 Å². The van der Waals surface area contributed by atoms with Crippen molar-refractivity contribution in [2.75, 3.05) is 6.54 Å². The fourth-order valence-corrected chi connectivity index (χ4v) is 2.64. The van der Waals surface area contributed by atoms with Crippen LogP contribution in [-0.4, -0.2) is 10.9 Å². The van der Waals surface area contributed by atoms with E-state index in [-0.39, 0.29) is 4.32 Å². The van der Waals surface area contributed by atoms with Crippen molar-refractivity contribution < 1.29 is 0 Å². The Hall–Kier alpha value is -0.0800. The smallest absolute Gasteiger partial charge is 0.0502 e. The molecule has 0 aliphatic heterocycles. The number of nitrogens with two attached hydrogens (primary N) is 1. The van der Waals surface area contributed by atoms with Crippen molar-refractivity contribution in [1.29, 1.82) is 0 Å². The van der Waals surface area contributed by atoms with E-state index in [1.54, 1.807) is 0 Å². The Kier molecular flexibility index (Phi) is 4.39. The van der Waals surface area contributed by atoms with Crippen LogP contribution < -0.4 is 5.73 Å². The van der Waals surface area contributed by atoms with Gasteiger partial charge in [-0.1, -0.05) is 53.6 Å². The van der Waals surface area contributed by atoms with Gasteiger partial charge in [0.25, 0.3) is 0 Å². The first kappa shape index (κ1) is 12.0. The fourth-order valence-electron chi connectivity index (χ4n) is 1.96. The number of hydrogen-bond donors (Lipinski definition) is 1. The van der Waals surface area contributed by atoms with Crippen LogP contribution in [0.15, 0.2) is 23.8 Å². The molecule has 2 unspecified atom stereocenters. The molecule has 1 rings (SSSR count). The molecule has 0 fully saturated rings. The molecule has 0 aromatic carbocycles. The van der Waals surface area contributed by atoms with Gasteiger partial charge in [-0.2, -0.15) is 0 Å². The summed E-state index contributed by atoms with van der Waals surface area (Å²) in [5, 5.41) is 0. The lowest BCUT2D eigenvalue weighted by atomic mass is 9.81. The largest absolute Gasteiger partial charge is 0.330 e. The third kappa shape index (κ3) is 2.48. The molecule has 0 saturated heterocycles. The predicted octanol–water partition coefficient (Wildman–Crippen LogP) is 3.40. The van der Waals surface area contributed by atoms with Crippen molar-refractivity contribution in [3.63, 3.8) is 0 Å². The number of halogens is 1. The second-order valence-electron chi connectivity index (χ2n) is 3.90. The third-order valence-electron chi connectivity index (χ3n) is 3.01. The van der Waals surface area contributed by atoms with Crippen LogP contribution in [0.1, 0.15) is 33.1 Å². The minimum absolute atomic E-state index is 0.145. The normalized spacial score (nSPS) is 31.7. The number of rotatable bonds is 4. The maximum Gasteiger partial charge on any atom is 0.0502 e. The lowest BCUT2D eigenvalue weighted by Gasteiger charge is -2.34. The molecule has 80 valence electrons. The van der Waals surface area contributed by atoms with Gasteiger partial charge in [-0.25, -0.2) is 0 Å². The summed E-state index contributed by atoms with van der Waals surface area (Å²) in [6.07, 6.45) is 10.2. The maximum atomic E-state index is 5.63. The molecular weight excluding hydrogens is 238 g/mol. The summed E-state index contributed by atoms with van der Waals surface area (Å²) in [6.45, 7) is 5.18. The third-order valence-corrected chi connectivity index (χ3v) is 4.39. The van der Waals surface area contributed by atoms with Crippen molar-refractivity contribution in [3.8, 4) is 0 Å². The molecule has 1 aliphatic carbocycles. The first-order chi connectivity index (χ1) is 6.66. The minimum atomic E-state index is 0.145. The second kappa shape index (κ2) is 5.13. The maximum absolute atomic E-state index is 5.63. The van der Waals surface area contributed by atoms with Gasteiger partial charge >= 0.3 is 0 Å². The monoisotopic (exact) mass is 257 g/mol. The molecule has 0 bridgehead atoms. The number of allylic oxidation sites excluding steroid dienone is 4. The highest BCUT2D eigenvalue weighted by molar-refractivity contribution is 9.10. The Morgan fingerprint density at radius 2 is 2.21 bits per heavy atom. The molecule has 1 aliphatic rings. The average molecular weight is 258 g/mol. The fraction of sp³-hybridized carbons (Fsp3) is 0.667. The highest BCUT2D eigenvalue weighted by Gasteiger charge is 2.32. The summed E-state index contributed by atoms with van der Waals surface area (Å²) >= 11 is 3.86. The zero-order chi connectivity index (χ0) is 10.6. The van der Waals surface area contributed by atoms with Crippen LogP contribution in [0.4, 0.5) is 0 Å². The highest BCUT2D eigenvalue weighted by atomic mass is 79.9. The minimum Gasteiger partial charge on any atom is -0.330 e. The lowest BCUT2D eigenvalue weighted by molar-refractivity contribution is 0.479. The molecule has 0 aromatic rings. The molecule has 0 radical (unpaired) electrons. The Labute approximate surface area is 95.6 Å². The molecular formula is C12H20BrN. The Balaban J connectivity index is 2.83. The SMILES string of the molecule is CCC1=CC(Br)(CC)C(CCN)C=C1. The van der Waals surface area contributed by atoms with Crippen molar-refractivity contribution >= 4 is 15.9 Å². The molecule has 2 N–H and O–H groups in total. The van der Waals surface area contributed by atoms with E-state index < -0.39 is 0 Å². The summed E-state index contributed by atoms with van der Waals surface area (Å²) in [5.74, 6) is 0.549. The van der Waals surface area contributed by atoms with Crippen LogP contribution in [0.2, 0.25) is 0 Å². The van der Waals surface area contributed by atoms with Crippen molar-refractivity contribution in [3.05, 3.63) is 23.8 Å². The molecule has 0 heterocycles. The molecule has 0 aromatic heterocycles. The van der Waals surface area contributed by atoms with Gasteiger partial charge in [-0.15, -0.1) is 0 Å². The molecule has 2 atom stereocenters. The van der Waals surface area contributed by atoms with E-state index in [9.17, 15) is 0 Å². The molecule has 0 saturated carbocycles. The zero-order valence-electron chi connectivity index (χ0n) is 9.09. The standard InChI is InChI=1S/C12H20BrN/c1-3-10-5-6-11(7-8-14)12(13,4-2)9-10/h5-6,9,11H,3-4,7-8,14H2,1-2H3. The van der Waals surface area contributed by atoms with E-state index in [4.69, 9.17) is 5.73 Å². The van der Waals surface area contributed by atoms with E-state index in [0.717, 1.165) is 25.8 Å². The van der Waals surface area contributed by atoms with Gasteiger partial charge in [-0.05, 0) is 31.7 Å². The van der Waals surface area contributed by atoms with Gasteiger partial charge in [0.15, 0.2) is 0 Å². The van der Waals surface area contributed by atoms with Crippen molar-refractivity contribution in [2.45, 2.75) is 37.4 Å². The quantitative estimate of drug-likeness (QED) is 0.768. The Morgan fingerprint density at radius 1 is 1.50 bits per heavy atom. The van der Waals surface area contributed by atoms with Gasteiger partial charge in [0, 0.05) is 0 Å². The zero-order valence-corrected chi connectivity index (χ0v) is 10.7. The summed E-state index contributed by atoms with van der Waals surface area (Å²) in [6, 6.07) is 0. The second-order valence-corrected chi connectivity index (χ2v) is 5.37. The summed E-state index contributed by atoms with van der Waals surface area (Å²) in [4.78, 5) is 0. The first-order valence-electron chi connectivity index (χ1n) is 5.45. The first-order valence-corrected chi connectivity index (χ1v) is 6.24. The van der Waals surface area contributed by atoms with Gasteiger partial charge < -0.3 is 5.73 Å². The number of alkyl halides is 1. The van der Waals surface area contributed by atoms with Crippen LogP contribution >= 0.6 is 15.9 Å². The van der Waals surface area contributed by atoms with Crippen LogP contribution in [0.3, 0.4) is 0 Å². The van der Waals surface area contributed by atoms with Gasteiger partial charge in [0.2, 0.25) is 0 Å². The van der Waals surface area contributed by atoms with Crippen molar-refractivity contribution in [1.82, 2.24) is 0 Å². The number of hydrogen-bond acceptors (Lipinski definition) is 1. The molecule has 1 nitrogen and oxygen atoms in total. The molecule has 0 spiro atoms. The predicted molar refractivity (Wildman–Crippen MR) is 66.6 cm³/mol. The van der Waals surface area contributed by atoms with Crippen LogP contribution in [0, 0.1) is 5.92 Å². The van der Waals surface area contributed by atoms with E-state index >= 15 is 0 Å². The Bertz CT molecular complexity index is 245. The Morgan fingerprint density at radius 3 is 2.71 bits per heavy atom. The van der Waals surface area contributed by atoms with Gasteiger partial charge in [0.1, 0.15) is 0 Å². The molecule has 14 heavy (non-hydrogen) atoms. The summed E-state index contributed by atoms with van der Waals surface area (Å²) in [5.41, 5.74) is 7.05. The highest BCUT2D eigenvalue weighted by Crippen LogP contribution is 2.40. The topological polar surface area (TPSA) is 26.0 Å². The van der Waals surface area contributed by atoms with E-state index in [2.05, 4.69) is 48.0 Å². The van der Waals surface area contributed by atoms with Crippen molar-refractivity contribution in [2.24, 2.45) is 11.7 Å². The van der Waals surface area contributed by atoms with Crippen LogP contribution in [0.25, 0.3) is 0 Å². The molecule has 0 amide bonds. The van der Waals surface area contributed by atoms with Crippen LogP contribution in [0.5, 0.6) is 0 Å². The summed E-state index contributed by atoms with van der Waals surface area (Å²) < 4.78 is 0.145. The van der Waals surface area contributed by atoms with Gasteiger partial charge in [-0.3, -0.25) is 0 Å².